The molecule has 0 fully saturated rings. The van der Waals surface area contributed by atoms with E-state index in [1.165, 1.54) is 12.2 Å². The average molecular weight is 297 g/mol. The summed E-state index contributed by atoms with van der Waals surface area (Å²) in [4.78, 5) is 22.0. The third-order valence-electron chi connectivity index (χ3n) is 2.55. The van der Waals surface area contributed by atoms with E-state index in [0.717, 1.165) is 5.56 Å². The molecule has 1 N–H and O–H groups in total. The lowest BCUT2D eigenvalue weighted by molar-refractivity contribution is -0.132. The second-order valence-electron chi connectivity index (χ2n) is 4.08. The van der Waals surface area contributed by atoms with Crippen LogP contribution < -0.4 is 0 Å². The molecule has 5 heteroatoms. The number of rotatable bonds is 6. The van der Waals surface area contributed by atoms with Crippen molar-refractivity contribution in [3.8, 4) is 6.07 Å². The number of carbonyl (C=O) groups is 2. The van der Waals surface area contributed by atoms with Crippen molar-refractivity contribution in [1.29, 1.82) is 5.26 Å². The van der Waals surface area contributed by atoms with Gasteiger partial charge in [0, 0.05) is 0 Å². The van der Waals surface area contributed by atoms with Gasteiger partial charge in [0.2, 0.25) is 0 Å². The number of benzene rings is 1. The van der Waals surface area contributed by atoms with E-state index in [2.05, 4.69) is 0 Å². The van der Waals surface area contributed by atoms with Gasteiger partial charge in [-0.15, -0.1) is 0 Å². The first-order chi connectivity index (χ1) is 10.6. The van der Waals surface area contributed by atoms with Crippen LogP contribution >= 0.6 is 0 Å². The van der Waals surface area contributed by atoms with Crippen LogP contribution in [-0.2, 0) is 9.53 Å². The smallest absolute Gasteiger partial charge is 0.346 e. The summed E-state index contributed by atoms with van der Waals surface area (Å²) in [5, 5.41) is 17.2. The number of carbonyl (C=O) groups excluding carboxylic acids is 1. The molecule has 0 radical (unpaired) electrons. The Morgan fingerprint density at radius 2 is 1.91 bits per heavy atom. The van der Waals surface area contributed by atoms with Crippen molar-refractivity contribution in [3.63, 3.8) is 0 Å². The molecule has 0 amide bonds. The largest absolute Gasteiger partial charge is 0.477 e. The highest BCUT2D eigenvalue weighted by Gasteiger charge is 2.04. The topological polar surface area (TPSA) is 87.4 Å². The summed E-state index contributed by atoms with van der Waals surface area (Å²) >= 11 is 0. The first-order valence-corrected chi connectivity index (χ1v) is 6.54. The molecule has 0 aliphatic rings. The molecule has 1 aromatic carbocycles. The fourth-order valence-corrected chi connectivity index (χ4v) is 1.48. The Kier molecular flexibility index (Phi) is 6.87. The highest BCUT2D eigenvalue weighted by atomic mass is 16.5. The molecule has 5 nitrogen and oxygen atoms in total. The molecule has 0 aliphatic carbocycles. The number of ether oxygens (including phenoxy) is 1. The summed E-state index contributed by atoms with van der Waals surface area (Å²) in [5.41, 5.74) is 1.03. The SMILES string of the molecule is CCOC(=O)c1ccc(/C=C/C=C/C=C(\C#N)C(=O)O)cc1. The standard InChI is InChI=1S/C17H15NO4/c1-2-22-17(21)14-10-8-13(9-11-14)6-4-3-5-7-15(12-18)16(19)20/h3-11H,2H2,1H3,(H,19,20)/b5-3+,6-4+,15-7+. The zero-order valence-corrected chi connectivity index (χ0v) is 12.0. The zero-order chi connectivity index (χ0) is 16.4. The van der Waals surface area contributed by atoms with Gasteiger partial charge in [0.05, 0.1) is 12.2 Å². The van der Waals surface area contributed by atoms with Crippen molar-refractivity contribution in [2.45, 2.75) is 6.92 Å². The minimum Gasteiger partial charge on any atom is -0.477 e. The third kappa shape index (κ3) is 5.47. The molecule has 0 aliphatic heterocycles. The fraction of sp³-hybridized carbons (Fsp3) is 0.118. The molecule has 0 heterocycles. The summed E-state index contributed by atoms with van der Waals surface area (Å²) in [6.07, 6.45) is 7.78. The second-order valence-corrected chi connectivity index (χ2v) is 4.08. The minimum absolute atomic E-state index is 0.330. The van der Waals surface area contributed by atoms with Gasteiger partial charge in [-0.1, -0.05) is 36.4 Å². The van der Waals surface area contributed by atoms with Gasteiger partial charge in [-0.25, -0.2) is 9.59 Å². The first-order valence-electron chi connectivity index (χ1n) is 6.54. The summed E-state index contributed by atoms with van der Waals surface area (Å²) in [5.74, 6) is -1.62. The molecule has 0 aromatic heterocycles. The van der Waals surface area contributed by atoms with Crippen molar-refractivity contribution in [3.05, 3.63) is 65.3 Å². The maximum atomic E-state index is 11.5. The number of hydrogen-bond donors (Lipinski definition) is 1. The van der Waals surface area contributed by atoms with Crippen LogP contribution in [0, 0.1) is 11.3 Å². The van der Waals surface area contributed by atoms with Gasteiger partial charge in [0.1, 0.15) is 11.6 Å². The minimum atomic E-state index is -1.26. The first kappa shape index (κ1) is 16.9. The van der Waals surface area contributed by atoms with E-state index in [-0.39, 0.29) is 11.5 Å². The normalized spacial score (nSPS) is 11.5. The number of aliphatic carboxylic acids is 1. The molecule has 0 spiro atoms. The monoisotopic (exact) mass is 297 g/mol. The molecule has 0 saturated carbocycles. The zero-order valence-electron chi connectivity index (χ0n) is 12.0. The molecular weight excluding hydrogens is 282 g/mol. The van der Waals surface area contributed by atoms with E-state index in [9.17, 15) is 9.59 Å². The lowest BCUT2D eigenvalue weighted by atomic mass is 10.1. The van der Waals surface area contributed by atoms with E-state index >= 15 is 0 Å². The highest BCUT2D eigenvalue weighted by molar-refractivity contribution is 5.91. The van der Waals surface area contributed by atoms with E-state index < -0.39 is 5.97 Å². The number of nitrogens with zero attached hydrogens (tertiary/aromatic N) is 1. The van der Waals surface area contributed by atoms with E-state index in [0.29, 0.717) is 12.2 Å². The van der Waals surface area contributed by atoms with Crippen LogP contribution in [-0.4, -0.2) is 23.7 Å². The van der Waals surface area contributed by atoms with Gasteiger partial charge in [0.15, 0.2) is 0 Å². The maximum Gasteiger partial charge on any atom is 0.346 e. The second kappa shape index (κ2) is 8.93. The third-order valence-corrected chi connectivity index (χ3v) is 2.55. The van der Waals surface area contributed by atoms with Crippen LogP contribution in [0.3, 0.4) is 0 Å². The summed E-state index contributed by atoms with van der Waals surface area (Å²) in [7, 11) is 0. The molecular formula is C17H15NO4. The van der Waals surface area contributed by atoms with Gasteiger partial charge in [0.25, 0.3) is 0 Å². The predicted molar refractivity (Wildman–Crippen MR) is 81.9 cm³/mol. The molecule has 0 bridgehead atoms. The number of hydrogen-bond acceptors (Lipinski definition) is 4. The molecule has 0 unspecified atom stereocenters. The number of nitriles is 1. The lowest BCUT2D eigenvalue weighted by Gasteiger charge is -2.01. The van der Waals surface area contributed by atoms with Crippen molar-refractivity contribution in [2.75, 3.05) is 6.61 Å². The predicted octanol–water partition coefficient (Wildman–Crippen LogP) is 2.97. The number of allylic oxidation sites excluding steroid dienone is 4. The molecule has 1 aromatic rings. The van der Waals surface area contributed by atoms with Crippen LogP contribution in [0.15, 0.2) is 54.1 Å². The average Bonchev–Trinajstić information content (AvgIpc) is 2.51. The van der Waals surface area contributed by atoms with Crippen molar-refractivity contribution in [1.82, 2.24) is 0 Å². The van der Waals surface area contributed by atoms with Gasteiger partial charge in [-0.05, 0) is 30.7 Å². The maximum absolute atomic E-state index is 11.5. The Hall–Kier alpha value is -3.13. The quantitative estimate of drug-likeness (QED) is 0.377. The molecule has 1 rings (SSSR count). The van der Waals surface area contributed by atoms with Crippen LogP contribution in [0.5, 0.6) is 0 Å². The van der Waals surface area contributed by atoms with Crippen LogP contribution in [0.25, 0.3) is 6.08 Å². The lowest BCUT2D eigenvalue weighted by Crippen LogP contribution is -2.03. The number of carboxylic acid groups (broad SMARTS) is 1. The molecule has 0 atom stereocenters. The van der Waals surface area contributed by atoms with E-state index in [4.69, 9.17) is 15.1 Å². The highest BCUT2D eigenvalue weighted by Crippen LogP contribution is 2.07. The summed E-state index contributed by atoms with van der Waals surface area (Å²) in [6, 6.07) is 8.45. The molecule has 22 heavy (non-hydrogen) atoms. The Morgan fingerprint density at radius 3 is 2.45 bits per heavy atom. The summed E-state index contributed by atoms with van der Waals surface area (Å²) < 4.78 is 4.88. The van der Waals surface area contributed by atoms with Crippen molar-refractivity contribution >= 4 is 18.0 Å². The summed E-state index contributed by atoms with van der Waals surface area (Å²) in [6.45, 7) is 2.08. The molecule has 0 saturated heterocycles. The van der Waals surface area contributed by atoms with Crippen LogP contribution in [0.4, 0.5) is 0 Å². The van der Waals surface area contributed by atoms with Crippen LogP contribution in [0.2, 0.25) is 0 Å². The van der Waals surface area contributed by atoms with E-state index in [1.54, 1.807) is 55.5 Å². The van der Waals surface area contributed by atoms with Crippen molar-refractivity contribution < 1.29 is 19.4 Å². The van der Waals surface area contributed by atoms with E-state index in [1.807, 2.05) is 0 Å². The van der Waals surface area contributed by atoms with Gasteiger partial charge < -0.3 is 9.84 Å². The Morgan fingerprint density at radius 1 is 1.23 bits per heavy atom. The number of carboxylic acids is 1. The van der Waals surface area contributed by atoms with Gasteiger partial charge in [-0.3, -0.25) is 0 Å². The fourth-order valence-electron chi connectivity index (χ4n) is 1.48. The van der Waals surface area contributed by atoms with Crippen LogP contribution in [0.1, 0.15) is 22.8 Å². The Bertz CT molecular complexity index is 661. The Balaban J connectivity index is 2.66. The van der Waals surface area contributed by atoms with Gasteiger partial charge in [-0.2, -0.15) is 5.26 Å². The van der Waals surface area contributed by atoms with Gasteiger partial charge >= 0.3 is 11.9 Å². The number of esters is 1. The van der Waals surface area contributed by atoms with Crippen molar-refractivity contribution in [2.24, 2.45) is 0 Å². The molecule has 112 valence electrons. The Labute approximate surface area is 128 Å².